The lowest BCUT2D eigenvalue weighted by Gasteiger charge is -2.51. The number of allylic oxidation sites excluding steroid dienone is 1. The number of hydrogen-bond donors (Lipinski definition) is 1. The second-order valence-electron chi connectivity index (χ2n) is 7.32. The molecule has 24 heavy (non-hydrogen) atoms. The van der Waals surface area contributed by atoms with E-state index in [9.17, 15) is 14.7 Å². The van der Waals surface area contributed by atoms with E-state index in [0.717, 1.165) is 24.0 Å². The first-order chi connectivity index (χ1) is 11.1. The van der Waals surface area contributed by atoms with E-state index in [4.69, 9.17) is 4.74 Å². The van der Waals surface area contributed by atoms with Crippen molar-refractivity contribution in [3.63, 3.8) is 0 Å². The van der Waals surface area contributed by atoms with Crippen molar-refractivity contribution in [2.24, 2.45) is 17.8 Å². The van der Waals surface area contributed by atoms with Crippen molar-refractivity contribution in [3.8, 4) is 0 Å². The highest BCUT2D eigenvalue weighted by Gasteiger charge is 2.51. The monoisotopic (exact) mass is 336 g/mol. The van der Waals surface area contributed by atoms with Crippen LogP contribution in [0.3, 0.4) is 0 Å². The molecule has 1 saturated carbocycles. The standard InChI is InChI=1S/C19H28O5/c1-11(2)15-7-6-13(4)19(22)9-17(12(3)8-16(15)19)24-18(21)10-23-14(5)20/h8,13,15-17,22H,1,6-7,9-10H2,2-5H3/t13-,15+,16+,17-,19-/m1/s1. The molecule has 134 valence electrons. The minimum absolute atomic E-state index is 0.00201. The van der Waals surface area contributed by atoms with Crippen LogP contribution < -0.4 is 0 Å². The molecular weight excluding hydrogens is 308 g/mol. The average molecular weight is 336 g/mol. The van der Waals surface area contributed by atoms with Gasteiger partial charge in [-0.1, -0.05) is 25.2 Å². The quantitative estimate of drug-likeness (QED) is 0.631. The van der Waals surface area contributed by atoms with Gasteiger partial charge in [0.2, 0.25) is 0 Å². The summed E-state index contributed by atoms with van der Waals surface area (Å²) < 4.78 is 10.1. The molecule has 1 N–H and O–H groups in total. The van der Waals surface area contributed by atoms with Gasteiger partial charge in [-0.05, 0) is 44.1 Å². The van der Waals surface area contributed by atoms with Gasteiger partial charge in [0.05, 0.1) is 5.60 Å². The highest BCUT2D eigenvalue weighted by molar-refractivity contribution is 5.75. The molecular formula is C19H28O5. The Morgan fingerprint density at radius 2 is 2.04 bits per heavy atom. The van der Waals surface area contributed by atoms with Crippen molar-refractivity contribution in [1.29, 1.82) is 0 Å². The summed E-state index contributed by atoms with van der Waals surface area (Å²) in [5.74, 6) is -0.741. The summed E-state index contributed by atoms with van der Waals surface area (Å²) in [4.78, 5) is 22.7. The molecule has 0 amide bonds. The molecule has 5 nitrogen and oxygen atoms in total. The summed E-state index contributed by atoms with van der Waals surface area (Å²) in [5.41, 5.74) is 1.11. The van der Waals surface area contributed by atoms with E-state index in [0.29, 0.717) is 6.42 Å². The molecule has 5 atom stereocenters. The average Bonchev–Trinajstić information content (AvgIpc) is 2.48. The van der Waals surface area contributed by atoms with Crippen molar-refractivity contribution in [1.82, 2.24) is 0 Å². The van der Waals surface area contributed by atoms with Crippen LogP contribution in [0.4, 0.5) is 0 Å². The number of ether oxygens (including phenoxy) is 2. The molecule has 1 fully saturated rings. The predicted octanol–water partition coefficient (Wildman–Crippen LogP) is 2.78. The minimum atomic E-state index is -0.909. The maximum atomic E-state index is 11.9. The molecule has 0 aromatic heterocycles. The van der Waals surface area contributed by atoms with Gasteiger partial charge < -0.3 is 14.6 Å². The molecule has 2 aliphatic rings. The van der Waals surface area contributed by atoms with Gasteiger partial charge in [-0.3, -0.25) is 4.79 Å². The molecule has 0 unspecified atom stereocenters. The third-order valence-corrected chi connectivity index (χ3v) is 5.54. The van der Waals surface area contributed by atoms with Gasteiger partial charge in [0.15, 0.2) is 6.61 Å². The molecule has 0 bridgehead atoms. The molecule has 5 heteroatoms. The molecule has 0 aromatic carbocycles. The van der Waals surface area contributed by atoms with Crippen LogP contribution in [-0.4, -0.2) is 35.4 Å². The van der Waals surface area contributed by atoms with Crippen LogP contribution in [0.2, 0.25) is 0 Å². The Balaban J connectivity index is 2.17. The highest BCUT2D eigenvalue weighted by atomic mass is 16.6. The third-order valence-electron chi connectivity index (χ3n) is 5.54. The predicted molar refractivity (Wildman–Crippen MR) is 90.0 cm³/mol. The van der Waals surface area contributed by atoms with Crippen LogP contribution >= 0.6 is 0 Å². The zero-order chi connectivity index (χ0) is 18.1. The van der Waals surface area contributed by atoms with Crippen LogP contribution in [0, 0.1) is 17.8 Å². The van der Waals surface area contributed by atoms with Gasteiger partial charge >= 0.3 is 11.9 Å². The van der Waals surface area contributed by atoms with Crippen molar-refractivity contribution >= 4 is 11.9 Å². The van der Waals surface area contributed by atoms with Gasteiger partial charge in [0.1, 0.15) is 6.10 Å². The Bertz CT molecular complexity index is 564. The molecule has 0 radical (unpaired) electrons. The first-order valence-corrected chi connectivity index (χ1v) is 8.54. The van der Waals surface area contributed by atoms with Gasteiger partial charge in [-0.15, -0.1) is 0 Å². The van der Waals surface area contributed by atoms with E-state index in [1.165, 1.54) is 6.92 Å². The summed E-state index contributed by atoms with van der Waals surface area (Å²) in [6.45, 7) is 10.9. The van der Waals surface area contributed by atoms with Crippen LogP contribution in [-0.2, 0) is 19.1 Å². The van der Waals surface area contributed by atoms with E-state index < -0.39 is 30.3 Å². The molecule has 2 rings (SSSR count). The van der Waals surface area contributed by atoms with Crippen LogP contribution in [0.15, 0.2) is 23.8 Å². The Morgan fingerprint density at radius 1 is 1.38 bits per heavy atom. The molecule has 0 spiro atoms. The number of carbonyl (C=O) groups is 2. The summed E-state index contributed by atoms with van der Waals surface area (Å²) in [5, 5.41) is 11.3. The number of carbonyl (C=O) groups excluding carboxylic acids is 2. The Morgan fingerprint density at radius 3 is 2.62 bits per heavy atom. The molecule has 0 aliphatic heterocycles. The lowest BCUT2D eigenvalue weighted by molar-refractivity contribution is -0.167. The Labute approximate surface area is 143 Å². The fraction of sp³-hybridized carbons (Fsp3) is 0.684. The van der Waals surface area contributed by atoms with Gasteiger partial charge in [-0.2, -0.15) is 0 Å². The number of rotatable bonds is 4. The summed E-state index contributed by atoms with van der Waals surface area (Å²) >= 11 is 0. The minimum Gasteiger partial charge on any atom is -0.455 e. The van der Waals surface area contributed by atoms with E-state index >= 15 is 0 Å². The van der Waals surface area contributed by atoms with E-state index in [1.807, 2.05) is 26.8 Å². The fourth-order valence-electron chi connectivity index (χ4n) is 4.02. The lowest BCUT2D eigenvalue weighted by atomic mass is 9.58. The van der Waals surface area contributed by atoms with Crippen molar-refractivity contribution in [2.45, 2.75) is 58.7 Å². The SMILES string of the molecule is C=C(C)[C@@H]1CC[C@@H](C)[C@]2(O)C[C@@H](OC(=O)COC(C)=O)C(C)=C[C@@H]12. The van der Waals surface area contributed by atoms with Gasteiger partial charge in [0, 0.05) is 19.3 Å². The highest BCUT2D eigenvalue weighted by Crippen LogP contribution is 2.50. The first-order valence-electron chi connectivity index (χ1n) is 8.54. The molecule has 0 aromatic rings. The van der Waals surface area contributed by atoms with Gasteiger partial charge in [0.25, 0.3) is 0 Å². The van der Waals surface area contributed by atoms with Crippen LogP contribution in [0.25, 0.3) is 0 Å². The maximum Gasteiger partial charge on any atom is 0.344 e. The first kappa shape index (κ1) is 18.7. The van der Waals surface area contributed by atoms with E-state index in [-0.39, 0.29) is 17.8 Å². The zero-order valence-corrected chi connectivity index (χ0v) is 15.0. The number of aliphatic hydroxyl groups is 1. The maximum absolute atomic E-state index is 11.9. The van der Waals surface area contributed by atoms with E-state index in [2.05, 4.69) is 11.3 Å². The molecule has 0 heterocycles. The summed E-state index contributed by atoms with van der Waals surface area (Å²) in [6, 6.07) is 0. The number of hydrogen-bond acceptors (Lipinski definition) is 5. The summed E-state index contributed by atoms with van der Waals surface area (Å²) in [7, 11) is 0. The summed E-state index contributed by atoms with van der Waals surface area (Å²) in [6.07, 6.45) is 3.87. The topological polar surface area (TPSA) is 72.8 Å². The Kier molecular flexibility index (Phi) is 5.53. The fourth-order valence-corrected chi connectivity index (χ4v) is 4.02. The second-order valence-corrected chi connectivity index (χ2v) is 7.32. The lowest BCUT2D eigenvalue weighted by Crippen LogP contribution is -2.55. The number of fused-ring (bicyclic) bond motifs is 1. The second kappa shape index (κ2) is 7.09. The molecule has 0 saturated heterocycles. The normalized spacial score (nSPS) is 35.5. The van der Waals surface area contributed by atoms with Crippen LogP contribution in [0.1, 0.15) is 47.0 Å². The van der Waals surface area contributed by atoms with Crippen molar-refractivity contribution in [3.05, 3.63) is 23.8 Å². The van der Waals surface area contributed by atoms with E-state index in [1.54, 1.807) is 0 Å². The van der Waals surface area contributed by atoms with Crippen molar-refractivity contribution < 1.29 is 24.2 Å². The van der Waals surface area contributed by atoms with Crippen LogP contribution in [0.5, 0.6) is 0 Å². The zero-order valence-electron chi connectivity index (χ0n) is 15.0. The number of esters is 2. The van der Waals surface area contributed by atoms with Gasteiger partial charge in [-0.25, -0.2) is 4.79 Å². The third kappa shape index (κ3) is 3.72. The smallest absolute Gasteiger partial charge is 0.344 e. The largest absolute Gasteiger partial charge is 0.455 e. The molecule has 2 aliphatic carbocycles. The van der Waals surface area contributed by atoms with Crippen molar-refractivity contribution in [2.75, 3.05) is 6.61 Å². The Hall–Kier alpha value is -1.62.